The molecule has 1 heterocycles. The first-order valence-corrected chi connectivity index (χ1v) is 7.05. The van der Waals surface area contributed by atoms with E-state index in [0.29, 0.717) is 24.2 Å². The molecular formula is C15H23NO5. The fourth-order valence-corrected chi connectivity index (χ4v) is 2.31. The van der Waals surface area contributed by atoms with E-state index in [1.165, 1.54) is 14.2 Å². The monoisotopic (exact) mass is 297 g/mol. The molecule has 0 aliphatic rings. The Morgan fingerprint density at radius 3 is 2.52 bits per heavy atom. The van der Waals surface area contributed by atoms with Gasteiger partial charge < -0.3 is 19.1 Å². The van der Waals surface area contributed by atoms with Crippen LogP contribution >= 0.6 is 0 Å². The van der Waals surface area contributed by atoms with E-state index in [2.05, 4.69) is 0 Å². The molecule has 0 saturated carbocycles. The standard InChI is InChI=1S/C15H23NO5/c1-4-6-11-10-16(7-5-8-17)12(9-13(18)20-2)14(11)15(19)21-3/h10,17H,4-9H2,1-3H3. The average Bonchev–Trinajstić information content (AvgIpc) is 2.82. The summed E-state index contributed by atoms with van der Waals surface area (Å²) in [6.45, 7) is 2.61. The number of carbonyl (C=O) groups is 2. The van der Waals surface area contributed by atoms with Crippen molar-refractivity contribution in [3.63, 3.8) is 0 Å². The van der Waals surface area contributed by atoms with E-state index in [9.17, 15) is 9.59 Å². The van der Waals surface area contributed by atoms with Crippen molar-refractivity contribution in [2.45, 2.75) is 39.2 Å². The maximum absolute atomic E-state index is 12.0. The summed E-state index contributed by atoms with van der Waals surface area (Å²) in [4.78, 5) is 23.7. The summed E-state index contributed by atoms with van der Waals surface area (Å²) in [6.07, 6.45) is 4.03. The highest BCUT2D eigenvalue weighted by molar-refractivity contribution is 5.94. The van der Waals surface area contributed by atoms with Gasteiger partial charge in [0.1, 0.15) is 0 Å². The summed E-state index contributed by atoms with van der Waals surface area (Å²) < 4.78 is 11.4. The third kappa shape index (κ3) is 4.32. The largest absolute Gasteiger partial charge is 0.469 e. The van der Waals surface area contributed by atoms with Gasteiger partial charge in [-0.2, -0.15) is 0 Å². The molecule has 0 aliphatic carbocycles. The van der Waals surface area contributed by atoms with Crippen LogP contribution < -0.4 is 0 Å². The molecule has 1 aromatic heterocycles. The van der Waals surface area contributed by atoms with Crippen LogP contribution in [0.4, 0.5) is 0 Å². The van der Waals surface area contributed by atoms with Crippen molar-refractivity contribution in [3.05, 3.63) is 23.0 Å². The Morgan fingerprint density at radius 2 is 2.00 bits per heavy atom. The van der Waals surface area contributed by atoms with Crippen LogP contribution in [0, 0.1) is 0 Å². The minimum atomic E-state index is -0.444. The molecule has 0 atom stereocenters. The smallest absolute Gasteiger partial charge is 0.339 e. The molecule has 1 rings (SSSR count). The van der Waals surface area contributed by atoms with Crippen molar-refractivity contribution in [2.75, 3.05) is 20.8 Å². The number of methoxy groups -OCH3 is 2. The molecule has 0 bridgehead atoms. The molecule has 118 valence electrons. The lowest BCUT2D eigenvalue weighted by atomic mass is 10.1. The second-order valence-electron chi connectivity index (χ2n) is 4.74. The molecule has 0 unspecified atom stereocenters. The summed E-state index contributed by atoms with van der Waals surface area (Å²) >= 11 is 0. The summed E-state index contributed by atoms with van der Waals surface area (Å²) in [6, 6.07) is 0. The van der Waals surface area contributed by atoms with Gasteiger partial charge in [-0.05, 0) is 18.4 Å². The van der Waals surface area contributed by atoms with Crippen LogP contribution in [-0.2, 0) is 33.7 Å². The van der Waals surface area contributed by atoms with Gasteiger partial charge in [0.05, 0.1) is 26.2 Å². The maximum Gasteiger partial charge on any atom is 0.339 e. The predicted molar refractivity (Wildman–Crippen MR) is 77.2 cm³/mol. The highest BCUT2D eigenvalue weighted by Gasteiger charge is 2.24. The Bertz CT molecular complexity index is 492. The van der Waals surface area contributed by atoms with Gasteiger partial charge in [-0.1, -0.05) is 13.3 Å². The Morgan fingerprint density at radius 1 is 1.29 bits per heavy atom. The van der Waals surface area contributed by atoms with Crippen LogP contribution in [0.3, 0.4) is 0 Å². The third-order valence-electron chi connectivity index (χ3n) is 3.27. The van der Waals surface area contributed by atoms with Crippen LogP contribution in [0.2, 0.25) is 0 Å². The van der Waals surface area contributed by atoms with Gasteiger partial charge in [0.2, 0.25) is 0 Å². The highest BCUT2D eigenvalue weighted by atomic mass is 16.5. The van der Waals surface area contributed by atoms with Gasteiger partial charge in [0.15, 0.2) is 0 Å². The van der Waals surface area contributed by atoms with E-state index in [0.717, 1.165) is 18.4 Å². The van der Waals surface area contributed by atoms with E-state index < -0.39 is 11.9 Å². The number of esters is 2. The molecule has 0 spiro atoms. The summed E-state index contributed by atoms with van der Waals surface area (Å²) in [7, 11) is 2.64. The van der Waals surface area contributed by atoms with Crippen molar-refractivity contribution < 1.29 is 24.2 Å². The minimum absolute atomic E-state index is 0.01000. The number of rotatable bonds is 8. The number of hydrogen-bond acceptors (Lipinski definition) is 5. The first-order valence-electron chi connectivity index (χ1n) is 7.05. The van der Waals surface area contributed by atoms with Crippen molar-refractivity contribution in [2.24, 2.45) is 0 Å². The van der Waals surface area contributed by atoms with Crippen LogP contribution in [0.15, 0.2) is 6.20 Å². The second-order valence-corrected chi connectivity index (χ2v) is 4.74. The van der Waals surface area contributed by atoms with Crippen LogP contribution in [-0.4, -0.2) is 42.4 Å². The van der Waals surface area contributed by atoms with Crippen molar-refractivity contribution in [1.82, 2.24) is 4.57 Å². The van der Waals surface area contributed by atoms with Gasteiger partial charge in [-0.3, -0.25) is 4.79 Å². The molecule has 0 amide bonds. The maximum atomic E-state index is 12.0. The van der Waals surface area contributed by atoms with Gasteiger partial charge >= 0.3 is 11.9 Å². The molecule has 0 aromatic carbocycles. The summed E-state index contributed by atoms with van der Waals surface area (Å²) in [5.41, 5.74) is 1.90. The number of nitrogens with zero attached hydrogens (tertiary/aromatic N) is 1. The number of aryl methyl sites for hydroxylation is 2. The minimum Gasteiger partial charge on any atom is -0.469 e. The summed E-state index contributed by atoms with van der Waals surface area (Å²) in [5, 5.41) is 8.98. The van der Waals surface area contributed by atoms with Crippen LogP contribution in [0.25, 0.3) is 0 Å². The molecule has 0 saturated heterocycles. The van der Waals surface area contributed by atoms with Gasteiger partial charge in [0.25, 0.3) is 0 Å². The Hall–Kier alpha value is -1.82. The summed E-state index contributed by atoms with van der Waals surface area (Å²) in [5.74, 6) is -0.855. The lowest BCUT2D eigenvalue weighted by Gasteiger charge is -2.09. The van der Waals surface area contributed by atoms with Crippen molar-refractivity contribution in [1.29, 1.82) is 0 Å². The average molecular weight is 297 g/mol. The van der Waals surface area contributed by atoms with E-state index >= 15 is 0 Å². The number of hydrogen-bond donors (Lipinski definition) is 1. The zero-order chi connectivity index (χ0) is 15.8. The lowest BCUT2D eigenvalue weighted by Crippen LogP contribution is -2.15. The lowest BCUT2D eigenvalue weighted by molar-refractivity contribution is -0.139. The topological polar surface area (TPSA) is 77.8 Å². The van der Waals surface area contributed by atoms with Crippen LogP contribution in [0.5, 0.6) is 0 Å². The number of aliphatic hydroxyl groups excluding tert-OH is 1. The molecule has 0 fully saturated rings. The molecule has 0 aliphatic heterocycles. The number of ether oxygens (including phenoxy) is 2. The van der Waals surface area contributed by atoms with E-state index in [1.807, 2.05) is 17.7 Å². The van der Waals surface area contributed by atoms with Gasteiger partial charge in [0, 0.05) is 25.0 Å². The molecule has 6 nitrogen and oxygen atoms in total. The second kappa shape index (κ2) is 8.46. The Balaban J connectivity index is 3.27. The van der Waals surface area contributed by atoms with E-state index in [-0.39, 0.29) is 13.0 Å². The number of aromatic nitrogens is 1. The van der Waals surface area contributed by atoms with Crippen molar-refractivity contribution in [3.8, 4) is 0 Å². The molecule has 6 heteroatoms. The first-order chi connectivity index (χ1) is 10.1. The zero-order valence-electron chi connectivity index (χ0n) is 12.8. The van der Waals surface area contributed by atoms with Crippen molar-refractivity contribution >= 4 is 11.9 Å². The predicted octanol–water partition coefficient (Wildman–Crippen LogP) is 1.33. The number of aliphatic hydroxyl groups is 1. The molecular weight excluding hydrogens is 274 g/mol. The third-order valence-corrected chi connectivity index (χ3v) is 3.27. The number of carbonyl (C=O) groups excluding carboxylic acids is 2. The van der Waals surface area contributed by atoms with E-state index in [1.54, 1.807) is 0 Å². The molecule has 21 heavy (non-hydrogen) atoms. The highest BCUT2D eigenvalue weighted by Crippen LogP contribution is 2.22. The van der Waals surface area contributed by atoms with Gasteiger partial charge in [-0.15, -0.1) is 0 Å². The van der Waals surface area contributed by atoms with Crippen LogP contribution in [0.1, 0.15) is 41.4 Å². The Labute approximate surface area is 124 Å². The molecule has 1 N–H and O–H groups in total. The molecule has 1 aromatic rings. The van der Waals surface area contributed by atoms with E-state index in [4.69, 9.17) is 14.6 Å². The quantitative estimate of drug-likeness (QED) is 0.732. The zero-order valence-corrected chi connectivity index (χ0v) is 12.8. The fourth-order valence-electron chi connectivity index (χ4n) is 2.31. The molecule has 0 radical (unpaired) electrons. The SMILES string of the molecule is CCCc1cn(CCCO)c(CC(=O)OC)c1C(=O)OC. The fraction of sp³-hybridized carbons (Fsp3) is 0.600. The first kappa shape index (κ1) is 17.2. The normalized spacial score (nSPS) is 10.5. The Kier molecular flexibility index (Phi) is 6.94. The van der Waals surface area contributed by atoms with Gasteiger partial charge in [-0.25, -0.2) is 4.79 Å².